The van der Waals surface area contributed by atoms with Crippen molar-refractivity contribution >= 4 is 16.5 Å². The maximum absolute atomic E-state index is 5.20. The van der Waals surface area contributed by atoms with E-state index >= 15 is 0 Å². The van der Waals surface area contributed by atoms with Gasteiger partial charge in [0.2, 0.25) is 0 Å². The number of benzene rings is 3. The quantitative estimate of drug-likeness (QED) is 0.525. The zero-order valence-electron chi connectivity index (χ0n) is 14.0. The summed E-state index contributed by atoms with van der Waals surface area (Å²) in [6.45, 7) is 0. The number of rotatable bonds is 3. The summed E-state index contributed by atoms with van der Waals surface area (Å²) in [5.74, 6) is 0. The fraction of sp³-hybridized carbons (Fsp3) is 0.261. The summed E-state index contributed by atoms with van der Waals surface area (Å²) >= 11 is 0. The Kier molecular flexibility index (Phi) is 4.42. The van der Waals surface area contributed by atoms with E-state index in [4.69, 9.17) is 4.99 Å². The highest BCUT2D eigenvalue weighted by Crippen LogP contribution is 2.24. The van der Waals surface area contributed by atoms with Gasteiger partial charge in [0.15, 0.2) is 0 Å². The number of hydrogen-bond acceptors (Lipinski definition) is 1. The standard InChI is InChI=1S/C23H23N/c1-3-10-19(11-4-1)23(24-22-13-5-2-6-14-22)21-16-15-18-9-7-8-12-20(18)17-21/h1,3-4,7-12,15-17,22H,2,5-6,13-14H2. The molecule has 0 N–H and O–H groups in total. The lowest BCUT2D eigenvalue weighted by molar-refractivity contribution is 0.443. The monoisotopic (exact) mass is 313 g/mol. The molecule has 1 saturated carbocycles. The van der Waals surface area contributed by atoms with E-state index in [9.17, 15) is 0 Å². The van der Waals surface area contributed by atoms with Crippen LogP contribution in [0.4, 0.5) is 0 Å². The molecule has 1 fully saturated rings. The summed E-state index contributed by atoms with van der Waals surface area (Å²) < 4.78 is 0. The summed E-state index contributed by atoms with van der Waals surface area (Å²) in [6, 6.07) is 26.4. The minimum atomic E-state index is 0.473. The first-order valence-electron chi connectivity index (χ1n) is 9.02. The Balaban J connectivity index is 1.80. The van der Waals surface area contributed by atoms with Gasteiger partial charge in [-0.1, -0.05) is 86.0 Å². The van der Waals surface area contributed by atoms with E-state index in [1.54, 1.807) is 0 Å². The molecule has 3 aromatic carbocycles. The highest BCUT2D eigenvalue weighted by molar-refractivity contribution is 6.14. The molecule has 4 rings (SSSR count). The molecule has 0 atom stereocenters. The highest BCUT2D eigenvalue weighted by atomic mass is 14.8. The van der Waals surface area contributed by atoms with Crippen LogP contribution in [0, 0.1) is 0 Å². The lowest BCUT2D eigenvalue weighted by Gasteiger charge is -2.20. The molecule has 120 valence electrons. The van der Waals surface area contributed by atoms with Crippen LogP contribution in [-0.4, -0.2) is 11.8 Å². The molecule has 0 saturated heterocycles. The van der Waals surface area contributed by atoms with Gasteiger partial charge in [-0.2, -0.15) is 0 Å². The van der Waals surface area contributed by atoms with Crippen LogP contribution in [0.2, 0.25) is 0 Å². The summed E-state index contributed by atoms with van der Waals surface area (Å²) in [6.07, 6.45) is 6.44. The van der Waals surface area contributed by atoms with Gasteiger partial charge in [-0.05, 0) is 29.7 Å². The van der Waals surface area contributed by atoms with Crippen molar-refractivity contribution in [3.8, 4) is 0 Å². The van der Waals surface area contributed by atoms with E-state index in [0.717, 1.165) is 5.71 Å². The largest absolute Gasteiger partial charge is 0.281 e. The molecule has 0 amide bonds. The first-order valence-corrected chi connectivity index (χ1v) is 9.02. The fourth-order valence-corrected chi connectivity index (χ4v) is 3.64. The number of fused-ring (bicyclic) bond motifs is 1. The van der Waals surface area contributed by atoms with Crippen molar-refractivity contribution in [1.29, 1.82) is 0 Å². The maximum atomic E-state index is 5.20. The number of hydrogen-bond donors (Lipinski definition) is 0. The van der Waals surface area contributed by atoms with Gasteiger partial charge in [0.25, 0.3) is 0 Å². The Morgan fingerprint density at radius 2 is 1.38 bits per heavy atom. The molecule has 0 radical (unpaired) electrons. The van der Waals surface area contributed by atoms with Gasteiger partial charge in [0.1, 0.15) is 0 Å². The average Bonchev–Trinajstić information content (AvgIpc) is 2.67. The molecule has 1 nitrogen and oxygen atoms in total. The molecule has 0 aromatic heterocycles. The van der Waals surface area contributed by atoms with Gasteiger partial charge >= 0.3 is 0 Å². The van der Waals surface area contributed by atoms with Crippen molar-refractivity contribution in [2.75, 3.05) is 0 Å². The molecule has 0 spiro atoms. The van der Waals surface area contributed by atoms with Crippen LogP contribution in [0.1, 0.15) is 43.2 Å². The summed E-state index contributed by atoms with van der Waals surface area (Å²) in [5, 5.41) is 2.56. The molecule has 1 heteroatoms. The van der Waals surface area contributed by atoms with E-state index in [1.807, 2.05) is 0 Å². The van der Waals surface area contributed by atoms with E-state index < -0.39 is 0 Å². The van der Waals surface area contributed by atoms with Crippen molar-refractivity contribution in [2.45, 2.75) is 38.1 Å². The first kappa shape index (κ1) is 15.1. The third-order valence-electron chi connectivity index (χ3n) is 4.96. The Morgan fingerprint density at radius 1 is 0.667 bits per heavy atom. The molecule has 3 aromatic rings. The lowest BCUT2D eigenvalue weighted by atomic mass is 9.94. The second kappa shape index (κ2) is 7.00. The predicted octanol–water partition coefficient (Wildman–Crippen LogP) is 6.01. The Labute approximate surface area is 144 Å². The smallest absolute Gasteiger partial charge is 0.0722 e. The van der Waals surface area contributed by atoms with Crippen LogP contribution in [0.3, 0.4) is 0 Å². The third-order valence-corrected chi connectivity index (χ3v) is 4.96. The van der Waals surface area contributed by atoms with Crippen molar-refractivity contribution in [3.63, 3.8) is 0 Å². The Bertz CT molecular complexity index is 842. The van der Waals surface area contributed by atoms with E-state index in [0.29, 0.717) is 6.04 Å². The fourth-order valence-electron chi connectivity index (χ4n) is 3.64. The van der Waals surface area contributed by atoms with E-state index in [1.165, 1.54) is 54.0 Å². The molecule has 0 bridgehead atoms. The molecule has 0 unspecified atom stereocenters. The molecule has 1 aliphatic rings. The zero-order chi connectivity index (χ0) is 16.2. The Hall–Kier alpha value is -2.41. The van der Waals surface area contributed by atoms with Crippen LogP contribution in [0.5, 0.6) is 0 Å². The normalized spacial score (nSPS) is 16.4. The summed E-state index contributed by atoms with van der Waals surface area (Å²) in [4.78, 5) is 5.20. The Morgan fingerprint density at radius 3 is 2.17 bits per heavy atom. The maximum Gasteiger partial charge on any atom is 0.0722 e. The SMILES string of the molecule is c1ccc(C(=NC2CCCCC2)c2ccc3ccccc3c2)cc1. The van der Waals surface area contributed by atoms with Crippen molar-refractivity contribution in [1.82, 2.24) is 0 Å². The molecular weight excluding hydrogens is 290 g/mol. The number of nitrogens with zero attached hydrogens (tertiary/aromatic N) is 1. The molecule has 0 aliphatic heterocycles. The summed E-state index contributed by atoms with van der Waals surface area (Å²) in [7, 11) is 0. The van der Waals surface area contributed by atoms with Gasteiger partial charge in [-0.3, -0.25) is 4.99 Å². The molecule has 24 heavy (non-hydrogen) atoms. The van der Waals surface area contributed by atoms with Crippen molar-refractivity contribution in [2.24, 2.45) is 4.99 Å². The molecule has 0 heterocycles. The zero-order valence-corrected chi connectivity index (χ0v) is 14.0. The first-order chi connectivity index (χ1) is 11.9. The van der Waals surface area contributed by atoms with Crippen LogP contribution in [0.25, 0.3) is 10.8 Å². The number of aliphatic imine (C=N–C) groups is 1. The second-order valence-electron chi connectivity index (χ2n) is 6.70. The summed E-state index contributed by atoms with van der Waals surface area (Å²) in [5.41, 5.74) is 3.59. The minimum absolute atomic E-state index is 0.473. The second-order valence-corrected chi connectivity index (χ2v) is 6.70. The lowest BCUT2D eigenvalue weighted by Crippen LogP contribution is -2.14. The predicted molar refractivity (Wildman–Crippen MR) is 103 cm³/mol. The van der Waals surface area contributed by atoms with Gasteiger partial charge in [0.05, 0.1) is 11.8 Å². The molecule has 1 aliphatic carbocycles. The van der Waals surface area contributed by atoms with Crippen molar-refractivity contribution in [3.05, 3.63) is 83.9 Å². The van der Waals surface area contributed by atoms with Crippen LogP contribution < -0.4 is 0 Å². The third kappa shape index (κ3) is 3.26. The van der Waals surface area contributed by atoms with Crippen LogP contribution >= 0.6 is 0 Å². The van der Waals surface area contributed by atoms with Gasteiger partial charge in [-0.15, -0.1) is 0 Å². The molecular formula is C23H23N. The minimum Gasteiger partial charge on any atom is -0.281 e. The average molecular weight is 313 g/mol. The highest BCUT2D eigenvalue weighted by Gasteiger charge is 2.15. The topological polar surface area (TPSA) is 12.4 Å². The van der Waals surface area contributed by atoms with E-state index in [-0.39, 0.29) is 0 Å². The van der Waals surface area contributed by atoms with Crippen LogP contribution in [0.15, 0.2) is 77.8 Å². The van der Waals surface area contributed by atoms with Gasteiger partial charge < -0.3 is 0 Å². The van der Waals surface area contributed by atoms with Gasteiger partial charge in [-0.25, -0.2) is 0 Å². The van der Waals surface area contributed by atoms with Crippen molar-refractivity contribution < 1.29 is 0 Å². The van der Waals surface area contributed by atoms with Gasteiger partial charge in [0, 0.05) is 11.1 Å². The van der Waals surface area contributed by atoms with Crippen LogP contribution in [-0.2, 0) is 0 Å². The van der Waals surface area contributed by atoms with E-state index in [2.05, 4.69) is 72.8 Å².